The summed E-state index contributed by atoms with van der Waals surface area (Å²) >= 11 is 0. The lowest BCUT2D eigenvalue weighted by Gasteiger charge is -2.08. The van der Waals surface area contributed by atoms with E-state index >= 15 is 0 Å². The van der Waals surface area contributed by atoms with E-state index in [4.69, 9.17) is 14.0 Å². The van der Waals surface area contributed by atoms with Gasteiger partial charge < -0.3 is 19.3 Å². The van der Waals surface area contributed by atoms with Gasteiger partial charge in [0.15, 0.2) is 11.5 Å². The Morgan fingerprint density at radius 1 is 0.935 bits per heavy atom. The second-order valence-electron chi connectivity index (χ2n) is 6.86. The Labute approximate surface area is 179 Å². The summed E-state index contributed by atoms with van der Waals surface area (Å²) in [7, 11) is 3.13. The van der Waals surface area contributed by atoms with Gasteiger partial charge in [-0.1, -0.05) is 29.4 Å². The zero-order valence-corrected chi connectivity index (χ0v) is 17.4. The Morgan fingerprint density at radius 2 is 1.74 bits per heavy atom. The summed E-state index contributed by atoms with van der Waals surface area (Å²) in [5.41, 5.74) is 3.46. The molecule has 3 aromatic carbocycles. The van der Waals surface area contributed by atoms with Crippen LogP contribution in [0.25, 0.3) is 22.8 Å². The molecule has 1 heterocycles. The second kappa shape index (κ2) is 8.71. The highest BCUT2D eigenvalue weighted by molar-refractivity contribution is 6.08. The van der Waals surface area contributed by atoms with E-state index in [9.17, 15) is 4.79 Å². The summed E-state index contributed by atoms with van der Waals surface area (Å²) in [4.78, 5) is 17.4. The number of carbonyl (C=O) groups excluding carboxylic acids is 1. The molecular weight excluding hydrogens is 394 g/mol. The van der Waals surface area contributed by atoms with E-state index < -0.39 is 0 Å². The predicted octanol–water partition coefficient (Wildman–Crippen LogP) is 4.98. The molecule has 0 saturated heterocycles. The molecule has 4 rings (SSSR count). The van der Waals surface area contributed by atoms with Gasteiger partial charge in [-0.05, 0) is 55.0 Å². The Hall–Kier alpha value is -4.13. The highest BCUT2D eigenvalue weighted by atomic mass is 16.5. The first kappa shape index (κ1) is 20.2. The third-order valence-electron chi connectivity index (χ3n) is 4.75. The van der Waals surface area contributed by atoms with E-state index in [0.717, 1.165) is 11.3 Å². The molecule has 0 spiro atoms. The number of hydrogen-bond donors (Lipinski definition) is 1. The van der Waals surface area contributed by atoms with Gasteiger partial charge in [0.1, 0.15) is 0 Å². The summed E-state index contributed by atoms with van der Waals surface area (Å²) in [6.07, 6.45) is 0. The van der Waals surface area contributed by atoms with Crippen molar-refractivity contribution in [3.63, 3.8) is 0 Å². The van der Waals surface area contributed by atoms with E-state index in [-0.39, 0.29) is 11.8 Å². The van der Waals surface area contributed by atoms with Crippen LogP contribution in [0.5, 0.6) is 11.5 Å². The highest BCUT2D eigenvalue weighted by Gasteiger charge is 2.19. The molecule has 1 amide bonds. The third-order valence-corrected chi connectivity index (χ3v) is 4.75. The number of aryl methyl sites for hydroxylation is 1. The van der Waals surface area contributed by atoms with Crippen molar-refractivity contribution < 1.29 is 18.8 Å². The molecule has 0 saturated carbocycles. The van der Waals surface area contributed by atoms with Crippen LogP contribution in [0.1, 0.15) is 15.9 Å². The van der Waals surface area contributed by atoms with Gasteiger partial charge in [-0.2, -0.15) is 4.98 Å². The van der Waals surface area contributed by atoms with Crippen molar-refractivity contribution in [1.29, 1.82) is 0 Å². The first-order chi connectivity index (χ1) is 15.1. The summed E-state index contributed by atoms with van der Waals surface area (Å²) < 4.78 is 16.1. The molecule has 31 heavy (non-hydrogen) atoms. The number of carbonyl (C=O) groups is 1. The van der Waals surface area contributed by atoms with Crippen molar-refractivity contribution >= 4 is 11.6 Å². The van der Waals surface area contributed by atoms with Crippen molar-refractivity contribution in [3.05, 3.63) is 77.9 Å². The number of benzene rings is 3. The molecule has 7 heteroatoms. The maximum Gasteiger partial charge on any atom is 0.259 e. The van der Waals surface area contributed by atoms with Crippen molar-refractivity contribution in [1.82, 2.24) is 10.1 Å². The topological polar surface area (TPSA) is 86.5 Å². The van der Waals surface area contributed by atoms with Crippen LogP contribution in [-0.4, -0.2) is 30.3 Å². The van der Waals surface area contributed by atoms with E-state index in [1.807, 2.05) is 43.3 Å². The Kier molecular flexibility index (Phi) is 5.66. The Balaban J connectivity index is 1.65. The molecule has 0 aliphatic rings. The van der Waals surface area contributed by atoms with E-state index in [1.165, 1.54) is 0 Å². The van der Waals surface area contributed by atoms with Crippen molar-refractivity contribution in [2.45, 2.75) is 6.92 Å². The van der Waals surface area contributed by atoms with Crippen molar-refractivity contribution in [2.75, 3.05) is 19.5 Å². The smallest absolute Gasteiger partial charge is 0.259 e. The van der Waals surface area contributed by atoms with Gasteiger partial charge in [0.25, 0.3) is 11.8 Å². The number of nitrogens with one attached hydrogen (secondary N) is 1. The van der Waals surface area contributed by atoms with Crippen LogP contribution in [-0.2, 0) is 0 Å². The number of nitrogens with zero attached hydrogens (tertiary/aromatic N) is 2. The summed E-state index contributed by atoms with van der Waals surface area (Å²) in [6.45, 7) is 1.97. The first-order valence-electron chi connectivity index (χ1n) is 9.62. The number of methoxy groups -OCH3 is 2. The fourth-order valence-electron chi connectivity index (χ4n) is 3.21. The zero-order valence-electron chi connectivity index (χ0n) is 17.4. The Bertz CT molecular complexity index is 1230. The van der Waals surface area contributed by atoms with Gasteiger partial charge in [-0.15, -0.1) is 0 Å². The number of aromatic nitrogens is 2. The molecule has 7 nitrogen and oxygen atoms in total. The molecule has 4 aromatic rings. The van der Waals surface area contributed by atoms with Gasteiger partial charge in [0.05, 0.1) is 25.3 Å². The van der Waals surface area contributed by atoms with E-state index in [2.05, 4.69) is 15.5 Å². The monoisotopic (exact) mass is 415 g/mol. The average Bonchev–Trinajstić information content (AvgIpc) is 3.29. The lowest BCUT2D eigenvalue weighted by molar-refractivity contribution is 0.102. The minimum Gasteiger partial charge on any atom is -0.493 e. The minimum atomic E-state index is -0.257. The molecule has 0 aliphatic heterocycles. The molecule has 0 bridgehead atoms. The molecule has 0 aliphatic carbocycles. The van der Waals surface area contributed by atoms with Crippen LogP contribution >= 0.6 is 0 Å². The zero-order chi connectivity index (χ0) is 21.8. The number of ether oxygens (including phenoxy) is 2. The maximum atomic E-state index is 12.9. The quantitative estimate of drug-likeness (QED) is 0.478. The minimum absolute atomic E-state index is 0.250. The normalized spacial score (nSPS) is 10.5. The molecule has 156 valence electrons. The largest absolute Gasteiger partial charge is 0.493 e. The van der Waals surface area contributed by atoms with Crippen LogP contribution in [0.4, 0.5) is 5.69 Å². The highest BCUT2D eigenvalue weighted by Crippen LogP contribution is 2.32. The van der Waals surface area contributed by atoms with Gasteiger partial charge >= 0.3 is 0 Å². The molecule has 1 aromatic heterocycles. The lowest BCUT2D eigenvalue weighted by Crippen LogP contribution is -2.13. The van der Waals surface area contributed by atoms with Gasteiger partial charge in [-0.3, -0.25) is 4.79 Å². The van der Waals surface area contributed by atoms with Crippen LogP contribution in [0, 0.1) is 6.92 Å². The second-order valence-corrected chi connectivity index (χ2v) is 6.86. The summed E-state index contributed by atoms with van der Waals surface area (Å²) in [6, 6.07) is 20.1. The van der Waals surface area contributed by atoms with Crippen molar-refractivity contribution in [2.24, 2.45) is 0 Å². The maximum absolute atomic E-state index is 12.9. The van der Waals surface area contributed by atoms with Crippen LogP contribution in [0.3, 0.4) is 0 Å². The number of amides is 1. The van der Waals surface area contributed by atoms with Crippen molar-refractivity contribution in [3.8, 4) is 34.3 Å². The fourth-order valence-corrected chi connectivity index (χ4v) is 3.21. The molecule has 1 N–H and O–H groups in total. The number of rotatable bonds is 6. The number of hydrogen-bond acceptors (Lipinski definition) is 6. The van der Waals surface area contributed by atoms with Crippen LogP contribution in [0.15, 0.2) is 71.3 Å². The molecule has 0 radical (unpaired) electrons. The van der Waals surface area contributed by atoms with Gasteiger partial charge in [0.2, 0.25) is 5.82 Å². The summed E-state index contributed by atoms with van der Waals surface area (Å²) in [5.74, 6) is 1.54. The number of anilines is 1. The predicted molar refractivity (Wildman–Crippen MR) is 117 cm³/mol. The molecule has 0 atom stereocenters. The standard InChI is InChI=1S/C24H21N3O4/c1-15-7-6-8-17(13-15)25-23(28)18-9-4-5-10-19(18)24-26-22(27-31-24)16-11-12-20(29-2)21(14-16)30-3/h4-14H,1-3H3,(H,25,28). The third kappa shape index (κ3) is 4.25. The molecular formula is C24H21N3O4. The van der Waals surface area contributed by atoms with E-state index in [0.29, 0.717) is 34.0 Å². The van der Waals surface area contributed by atoms with Crippen LogP contribution in [0.2, 0.25) is 0 Å². The first-order valence-corrected chi connectivity index (χ1v) is 9.62. The van der Waals surface area contributed by atoms with E-state index in [1.54, 1.807) is 44.6 Å². The molecule has 0 fully saturated rings. The van der Waals surface area contributed by atoms with Crippen LogP contribution < -0.4 is 14.8 Å². The average molecular weight is 415 g/mol. The lowest BCUT2D eigenvalue weighted by atomic mass is 10.1. The Morgan fingerprint density at radius 3 is 2.52 bits per heavy atom. The molecule has 0 unspecified atom stereocenters. The van der Waals surface area contributed by atoms with Gasteiger partial charge in [0, 0.05) is 11.3 Å². The van der Waals surface area contributed by atoms with Gasteiger partial charge in [-0.25, -0.2) is 0 Å². The SMILES string of the molecule is COc1ccc(-c2noc(-c3ccccc3C(=O)Nc3cccc(C)c3)n2)cc1OC. The fraction of sp³-hybridized carbons (Fsp3) is 0.125. The summed E-state index contributed by atoms with van der Waals surface area (Å²) in [5, 5.41) is 6.99.